The highest BCUT2D eigenvalue weighted by Gasteiger charge is 2.39. The molecule has 0 radical (unpaired) electrons. The maximum Gasteiger partial charge on any atom is 0.225 e. The summed E-state index contributed by atoms with van der Waals surface area (Å²) in [5.74, 6) is 3.68. The molecule has 1 aromatic carbocycles. The van der Waals surface area contributed by atoms with Gasteiger partial charge in [0.05, 0.1) is 6.61 Å². The molecule has 2 heterocycles. The summed E-state index contributed by atoms with van der Waals surface area (Å²) in [6, 6.07) is 9.46. The van der Waals surface area contributed by atoms with Crippen molar-refractivity contribution in [1.29, 1.82) is 0 Å². The SMILES string of the molecule is C#CCCC1(CCC(=O)Nc2ccc3cccc(OCC)c3n2)N=N1. The number of ether oxygens (including phenoxy) is 1. The number of nitrogens with zero attached hydrogens (tertiary/aromatic N) is 3. The third kappa shape index (κ3) is 4.13. The lowest BCUT2D eigenvalue weighted by atomic mass is 10.0. The highest BCUT2D eigenvalue weighted by Crippen LogP contribution is 2.37. The van der Waals surface area contributed by atoms with Crippen LogP contribution in [0.2, 0.25) is 0 Å². The summed E-state index contributed by atoms with van der Waals surface area (Å²) in [4.78, 5) is 16.7. The smallest absolute Gasteiger partial charge is 0.225 e. The molecule has 1 N–H and O–H groups in total. The molecular formula is C19H20N4O2. The minimum Gasteiger partial charge on any atom is -0.492 e. The summed E-state index contributed by atoms with van der Waals surface area (Å²) in [6.45, 7) is 2.48. The molecular weight excluding hydrogens is 316 g/mol. The molecule has 6 nitrogen and oxygen atoms in total. The topological polar surface area (TPSA) is 75.9 Å². The number of anilines is 1. The number of carbonyl (C=O) groups excluding carboxylic acids is 1. The summed E-state index contributed by atoms with van der Waals surface area (Å²) in [5, 5.41) is 11.9. The van der Waals surface area contributed by atoms with E-state index in [0.29, 0.717) is 43.9 Å². The Labute approximate surface area is 146 Å². The Hall–Kier alpha value is -2.94. The van der Waals surface area contributed by atoms with Gasteiger partial charge in [-0.3, -0.25) is 4.79 Å². The van der Waals surface area contributed by atoms with Crippen LogP contribution in [0.15, 0.2) is 40.6 Å². The molecule has 6 heteroatoms. The van der Waals surface area contributed by atoms with Crippen molar-refractivity contribution in [2.45, 2.75) is 38.3 Å². The first-order valence-electron chi connectivity index (χ1n) is 8.36. The Morgan fingerprint density at radius 1 is 1.28 bits per heavy atom. The van der Waals surface area contributed by atoms with Crippen LogP contribution < -0.4 is 10.1 Å². The van der Waals surface area contributed by atoms with Crippen LogP contribution in [0.1, 0.15) is 32.6 Å². The first-order chi connectivity index (χ1) is 12.2. The fourth-order valence-electron chi connectivity index (χ4n) is 2.65. The molecule has 0 atom stereocenters. The molecule has 0 aliphatic carbocycles. The molecule has 1 amide bonds. The lowest BCUT2D eigenvalue weighted by molar-refractivity contribution is -0.116. The van der Waals surface area contributed by atoms with E-state index < -0.39 is 5.66 Å². The van der Waals surface area contributed by atoms with E-state index in [-0.39, 0.29) is 5.91 Å². The van der Waals surface area contributed by atoms with Crippen LogP contribution in [0, 0.1) is 12.3 Å². The Balaban J connectivity index is 1.63. The van der Waals surface area contributed by atoms with Crippen molar-refractivity contribution in [2.24, 2.45) is 10.2 Å². The molecule has 0 spiro atoms. The van der Waals surface area contributed by atoms with Crippen LogP contribution in [0.25, 0.3) is 10.9 Å². The van der Waals surface area contributed by atoms with Gasteiger partial charge in [-0.15, -0.1) is 12.3 Å². The number of benzene rings is 1. The number of carbonyl (C=O) groups is 1. The molecule has 25 heavy (non-hydrogen) atoms. The van der Waals surface area contributed by atoms with Gasteiger partial charge >= 0.3 is 0 Å². The zero-order valence-corrected chi connectivity index (χ0v) is 14.2. The number of pyridine rings is 1. The quantitative estimate of drug-likeness (QED) is 0.742. The zero-order valence-electron chi connectivity index (χ0n) is 14.2. The third-order valence-corrected chi connectivity index (χ3v) is 4.06. The standard InChI is InChI=1S/C19H20N4O2/c1-3-5-12-19(22-23-19)13-11-17(24)20-16-10-9-14-7-6-8-15(25-4-2)18(14)21-16/h1,6-10H,4-5,11-13H2,2H3,(H,20,21,24). The van der Waals surface area contributed by atoms with E-state index >= 15 is 0 Å². The Kier molecular flexibility index (Phi) is 4.94. The molecule has 0 saturated heterocycles. The lowest BCUT2D eigenvalue weighted by Crippen LogP contribution is -2.18. The molecule has 2 aromatic rings. The molecule has 0 saturated carbocycles. The molecule has 0 fully saturated rings. The van der Waals surface area contributed by atoms with Gasteiger partial charge in [0.25, 0.3) is 0 Å². The predicted molar refractivity (Wildman–Crippen MR) is 96.4 cm³/mol. The van der Waals surface area contributed by atoms with E-state index in [4.69, 9.17) is 11.2 Å². The summed E-state index contributed by atoms with van der Waals surface area (Å²) >= 11 is 0. The van der Waals surface area contributed by atoms with E-state index in [1.165, 1.54) is 0 Å². The van der Waals surface area contributed by atoms with Gasteiger partial charge in [0, 0.05) is 31.1 Å². The molecule has 128 valence electrons. The van der Waals surface area contributed by atoms with Crippen LogP contribution in [-0.2, 0) is 4.79 Å². The zero-order chi connectivity index (χ0) is 17.7. The number of aromatic nitrogens is 1. The second kappa shape index (κ2) is 7.31. The van der Waals surface area contributed by atoms with Crippen LogP contribution >= 0.6 is 0 Å². The van der Waals surface area contributed by atoms with Crippen LogP contribution in [0.5, 0.6) is 5.75 Å². The monoisotopic (exact) mass is 336 g/mol. The third-order valence-electron chi connectivity index (χ3n) is 4.06. The molecule has 1 aromatic heterocycles. The number of fused-ring (bicyclic) bond motifs is 1. The van der Waals surface area contributed by atoms with E-state index in [2.05, 4.69) is 26.4 Å². The lowest BCUT2D eigenvalue weighted by Gasteiger charge is -2.10. The van der Waals surface area contributed by atoms with Crippen LogP contribution in [0.3, 0.4) is 0 Å². The van der Waals surface area contributed by atoms with Crippen molar-refractivity contribution in [1.82, 2.24) is 4.98 Å². The van der Waals surface area contributed by atoms with Gasteiger partial charge in [-0.05, 0) is 25.1 Å². The first kappa shape index (κ1) is 16.9. The second-order valence-corrected chi connectivity index (χ2v) is 5.89. The number of terminal acetylenes is 1. The maximum absolute atomic E-state index is 12.2. The van der Waals surface area contributed by atoms with Gasteiger partial charge in [0.2, 0.25) is 5.91 Å². The van der Waals surface area contributed by atoms with Gasteiger partial charge in [0.1, 0.15) is 17.1 Å². The van der Waals surface area contributed by atoms with Gasteiger partial charge < -0.3 is 10.1 Å². The number of rotatable bonds is 8. The van der Waals surface area contributed by atoms with Crippen molar-refractivity contribution in [3.8, 4) is 18.1 Å². The highest BCUT2D eigenvalue weighted by atomic mass is 16.5. The van der Waals surface area contributed by atoms with E-state index in [0.717, 1.165) is 10.9 Å². The summed E-state index contributed by atoms with van der Waals surface area (Å²) in [7, 11) is 0. The van der Waals surface area contributed by atoms with E-state index in [1.807, 2.05) is 31.2 Å². The van der Waals surface area contributed by atoms with Crippen molar-refractivity contribution in [2.75, 3.05) is 11.9 Å². The molecule has 1 aliphatic heterocycles. The highest BCUT2D eigenvalue weighted by molar-refractivity contribution is 5.92. The molecule has 0 unspecified atom stereocenters. The van der Waals surface area contributed by atoms with E-state index in [9.17, 15) is 4.79 Å². The summed E-state index contributed by atoms with van der Waals surface area (Å²) in [6.07, 6.45) is 7.47. The van der Waals surface area contributed by atoms with Crippen molar-refractivity contribution < 1.29 is 9.53 Å². The van der Waals surface area contributed by atoms with Crippen LogP contribution in [0.4, 0.5) is 5.82 Å². The van der Waals surface area contributed by atoms with Crippen molar-refractivity contribution >= 4 is 22.6 Å². The number of hydrogen-bond acceptors (Lipinski definition) is 5. The minimum atomic E-state index is -0.442. The first-order valence-corrected chi connectivity index (χ1v) is 8.36. The number of nitrogens with one attached hydrogen (secondary N) is 1. The van der Waals surface area contributed by atoms with Gasteiger partial charge in [-0.2, -0.15) is 10.2 Å². The van der Waals surface area contributed by atoms with Crippen LogP contribution in [-0.4, -0.2) is 23.2 Å². The summed E-state index contributed by atoms with van der Waals surface area (Å²) in [5.41, 5.74) is 0.294. The van der Waals surface area contributed by atoms with E-state index in [1.54, 1.807) is 6.07 Å². The Morgan fingerprint density at radius 3 is 2.84 bits per heavy atom. The van der Waals surface area contributed by atoms with Gasteiger partial charge in [0.15, 0.2) is 5.66 Å². The second-order valence-electron chi connectivity index (χ2n) is 5.89. The Bertz CT molecular complexity index is 848. The van der Waals surface area contributed by atoms with Gasteiger partial charge in [-0.25, -0.2) is 4.98 Å². The van der Waals surface area contributed by atoms with Gasteiger partial charge in [-0.1, -0.05) is 12.1 Å². The largest absolute Gasteiger partial charge is 0.492 e. The fraction of sp³-hybridized carbons (Fsp3) is 0.368. The average molecular weight is 336 g/mol. The number of hydrogen-bond donors (Lipinski definition) is 1. The fourth-order valence-corrected chi connectivity index (χ4v) is 2.65. The normalized spacial score (nSPS) is 14.1. The van der Waals surface area contributed by atoms with Crippen molar-refractivity contribution in [3.63, 3.8) is 0 Å². The maximum atomic E-state index is 12.2. The Morgan fingerprint density at radius 2 is 2.12 bits per heavy atom. The molecule has 1 aliphatic rings. The predicted octanol–water partition coefficient (Wildman–Crippen LogP) is 3.93. The molecule has 0 bridgehead atoms. The average Bonchev–Trinajstić information content (AvgIpc) is 3.39. The molecule has 3 rings (SSSR count). The number of para-hydroxylation sites is 1. The van der Waals surface area contributed by atoms with Crippen molar-refractivity contribution in [3.05, 3.63) is 30.3 Å². The number of amides is 1. The summed E-state index contributed by atoms with van der Waals surface area (Å²) < 4.78 is 5.60. The minimum absolute atomic E-state index is 0.113.